The summed E-state index contributed by atoms with van der Waals surface area (Å²) < 4.78 is 34.7. The van der Waals surface area contributed by atoms with E-state index in [4.69, 9.17) is 16.3 Å². The minimum Gasteiger partial charge on any atom is -0.494 e. The third-order valence-corrected chi connectivity index (χ3v) is 8.93. The van der Waals surface area contributed by atoms with Gasteiger partial charge in [-0.15, -0.1) is 0 Å². The van der Waals surface area contributed by atoms with Crippen LogP contribution in [0.2, 0.25) is 5.02 Å². The van der Waals surface area contributed by atoms with Gasteiger partial charge in [-0.25, -0.2) is 8.42 Å². The molecule has 0 aliphatic rings. The summed E-state index contributed by atoms with van der Waals surface area (Å²) in [4.78, 5) is 29.4. The number of benzene rings is 4. The fourth-order valence-electron chi connectivity index (χ4n) is 4.80. The van der Waals surface area contributed by atoms with E-state index in [2.05, 4.69) is 5.32 Å². The summed E-state index contributed by atoms with van der Waals surface area (Å²) in [5.74, 6) is -0.322. The fraction of sp³-hybridized carbons (Fsp3) is 0.235. The highest BCUT2D eigenvalue weighted by Crippen LogP contribution is 2.27. The van der Waals surface area contributed by atoms with E-state index < -0.39 is 28.5 Å². The van der Waals surface area contributed by atoms with Gasteiger partial charge in [0.05, 0.1) is 17.2 Å². The zero-order valence-corrected chi connectivity index (χ0v) is 26.3. The lowest BCUT2D eigenvalue weighted by Crippen LogP contribution is -2.53. The van der Waals surface area contributed by atoms with Gasteiger partial charge in [0.15, 0.2) is 0 Å². The predicted molar refractivity (Wildman–Crippen MR) is 173 cm³/mol. The van der Waals surface area contributed by atoms with Crippen LogP contribution >= 0.6 is 11.6 Å². The number of rotatable bonds is 14. The van der Waals surface area contributed by atoms with E-state index in [1.807, 2.05) is 43.3 Å². The summed E-state index contributed by atoms with van der Waals surface area (Å²) in [5.41, 5.74) is 1.84. The first-order valence-electron chi connectivity index (χ1n) is 14.4. The number of carbonyl (C=O) groups is 2. The molecule has 0 heterocycles. The molecule has 10 heteroatoms. The van der Waals surface area contributed by atoms with Gasteiger partial charge in [0.2, 0.25) is 11.8 Å². The Bertz CT molecular complexity index is 1630. The van der Waals surface area contributed by atoms with Crippen molar-refractivity contribution >= 4 is 39.1 Å². The molecule has 0 aliphatic heterocycles. The molecule has 4 aromatic rings. The molecule has 0 saturated carbocycles. The molecule has 0 radical (unpaired) electrons. The van der Waals surface area contributed by atoms with Crippen molar-refractivity contribution in [3.8, 4) is 5.75 Å². The molecule has 0 fully saturated rings. The van der Waals surface area contributed by atoms with Crippen molar-refractivity contribution in [3.05, 3.63) is 125 Å². The fourth-order valence-corrected chi connectivity index (χ4v) is 6.45. The molecule has 0 unspecified atom stereocenters. The van der Waals surface area contributed by atoms with E-state index in [0.29, 0.717) is 29.5 Å². The van der Waals surface area contributed by atoms with Crippen LogP contribution in [0, 0.1) is 0 Å². The molecule has 2 amide bonds. The number of likely N-dealkylation sites (N-methyl/N-ethyl adjacent to an activating group) is 1. The molecule has 1 atom stereocenters. The first-order valence-corrected chi connectivity index (χ1v) is 16.2. The SMILES string of the molecule is CCNC(=O)[C@@H](Cc1ccccc1)N(Cc1cccc(Cl)c1)C(=O)CN(c1ccc(OCC)cc1)S(=O)(=O)c1ccccc1. The Morgan fingerprint density at radius 3 is 2.09 bits per heavy atom. The molecular weight excluding hydrogens is 598 g/mol. The van der Waals surface area contributed by atoms with Crippen LogP contribution in [0.4, 0.5) is 5.69 Å². The summed E-state index contributed by atoms with van der Waals surface area (Å²) in [6.45, 7) is 3.97. The summed E-state index contributed by atoms with van der Waals surface area (Å²) >= 11 is 6.28. The lowest BCUT2D eigenvalue weighted by atomic mass is 10.0. The van der Waals surface area contributed by atoms with Crippen LogP contribution in [0.1, 0.15) is 25.0 Å². The highest BCUT2D eigenvalue weighted by Gasteiger charge is 2.34. The van der Waals surface area contributed by atoms with Gasteiger partial charge in [0, 0.05) is 24.5 Å². The molecule has 4 aromatic carbocycles. The third-order valence-electron chi connectivity index (χ3n) is 6.91. The lowest BCUT2D eigenvalue weighted by Gasteiger charge is -2.34. The Hall–Kier alpha value is -4.34. The maximum absolute atomic E-state index is 14.4. The molecule has 1 N–H and O–H groups in total. The van der Waals surface area contributed by atoms with Crippen molar-refractivity contribution in [3.63, 3.8) is 0 Å². The van der Waals surface area contributed by atoms with Gasteiger partial charge in [-0.3, -0.25) is 13.9 Å². The van der Waals surface area contributed by atoms with E-state index in [9.17, 15) is 18.0 Å². The van der Waals surface area contributed by atoms with Crippen LogP contribution in [0.3, 0.4) is 0 Å². The van der Waals surface area contributed by atoms with Crippen molar-refractivity contribution in [2.45, 2.75) is 37.8 Å². The molecule has 230 valence electrons. The highest BCUT2D eigenvalue weighted by molar-refractivity contribution is 7.92. The zero-order valence-electron chi connectivity index (χ0n) is 24.7. The van der Waals surface area contributed by atoms with Crippen LogP contribution in [0.15, 0.2) is 114 Å². The molecule has 0 aliphatic carbocycles. The molecule has 0 saturated heterocycles. The predicted octanol–water partition coefficient (Wildman–Crippen LogP) is 5.71. The largest absolute Gasteiger partial charge is 0.494 e. The number of carbonyl (C=O) groups excluding carboxylic acids is 2. The first kappa shape index (κ1) is 32.6. The summed E-state index contributed by atoms with van der Waals surface area (Å²) in [6.07, 6.45) is 0.230. The van der Waals surface area contributed by atoms with Crippen molar-refractivity contribution in [2.75, 3.05) is 24.0 Å². The van der Waals surface area contributed by atoms with E-state index in [1.165, 1.54) is 17.0 Å². The quantitative estimate of drug-likeness (QED) is 0.192. The number of ether oxygens (including phenoxy) is 1. The number of hydrogen-bond donors (Lipinski definition) is 1. The maximum Gasteiger partial charge on any atom is 0.264 e. The first-order chi connectivity index (χ1) is 21.2. The molecule has 8 nitrogen and oxygen atoms in total. The van der Waals surface area contributed by atoms with Crippen molar-refractivity contribution < 1.29 is 22.7 Å². The molecule has 0 bridgehead atoms. The van der Waals surface area contributed by atoms with Gasteiger partial charge in [0.25, 0.3) is 10.0 Å². The van der Waals surface area contributed by atoms with Crippen molar-refractivity contribution in [1.29, 1.82) is 0 Å². The Kier molecular flexibility index (Phi) is 11.4. The number of halogens is 1. The lowest BCUT2D eigenvalue weighted by molar-refractivity contribution is -0.140. The number of anilines is 1. The van der Waals surface area contributed by atoms with Gasteiger partial charge >= 0.3 is 0 Å². The summed E-state index contributed by atoms with van der Waals surface area (Å²) in [7, 11) is -4.18. The van der Waals surface area contributed by atoms with Crippen LogP contribution in [0.5, 0.6) is 5.75 Å². The minimum atomic E-state index is -4.18. The normalized spacial score (nSPS) is 11.8. The van der Waals surface area contributed by atoms with Crippen molar-refractivity contribution in [2.24, 2.45) is 0 Å². The van der Waals surface area contributed by atoms with Gasteiger partial charge in [-0.1, -0.05) is 72.3 Å². The van der Waals surface area contributed by atoms with E-state index in [1.54, 1.807) is 67.6 Å². The average Bonchev–Trinajstić information content (AvgIpc) is 3.03. The molecule has 0 spiro atoms. The van der Waals surface area contributed by atoms with E-state index >= 15 is 0 Å². The van der Waals surface area contributed by atoms with Crippen LogP contribution in [0.25, 0.3) is 0 Å². The standard InChI is InChI=1S/C34H36ClN3O5S/c1-3-36-34(40)32(23-26-12-7-5-8-13-26)37(24-27-14-11-15-28(35)22-27)33(39)25-38(29-18-20-30(21-19-29)43-4-2)44(41,42)31-16-9-6-10-17-31/h5-22,32H,3-4,23-25H2,1-2H3,(H,36,40)/t32-/m1/s1. The number of sulfonamides is 1. The maximum atomic E-state index is 14.4. The second-order valence-corrected chi connectivity index (χ2v) is 12.3. The minimum absolute atomic E-state index is 0.0348. The average molecular weight is 634 g/mol. The van der Waals surface area contributed by atoms with E-state index in [0.717, 1.165) is 9.87 Å². The number of nitrogens with zero attached hydrogens (tertiary/aromatic N) is 2. The topological polar surface area (TPSA) is 96.0 Å². The smallest absolute Gasteiger partial charge is 0.264 e. The van der Waals surface area contributed by atoms with Gasteiger partial charge in [-0.2, -0.15) is 0 Å². The Balaban J connectivity index is 1.78. The number of nitrogens with one attached hydrogen (secondary N) is 1. The summed E-state index contributed by atoms with van der Waals surface area (Å²) in [6, 6.07) is 30.0. The van der Waals surface area contributed by atoms with E-state index in [-0.39, 0.29) is 29.5 Å². The molecule has 44 heavy (non-hydrogen) atoms. The Morgan fingerprint density at radius 2 is 1.48 bits per heavy atom. The van der Waals surface area contributed by atoms with Crippen LogP contribution in [-0.2, 0) is 32.6 Å². The zero-order chi connectivity index (χ0) is 31.5. The van der Waals surface area contributed by atoms with Crippen LogP contribution < -0.4 is 14.4 Å². The molecule has 0 aromatic heterocycles. The number of amides is 2. The molecule has 4 rings (SSSR count). The van der Waals surface area contributed by atoms with Crippen LogP contribution in [-0.4, -0.2) is 50.9 Å². The second-order valence-electron chi connectivity index (χ2n) is 10.0. The third kappa shape index (κ3) is 8.39. The number of hydrogen-bond acceptors (Lipinski definition) is 5. The second kappa shape index (κ2) is 15.4. The van der Waals surface area contributed by atoms with Gasteiger partial charge < -0.3 is 15.0 Å². The van der Waals surface area contributed by atoms with Crippen molar-refractivity contribution in [1.82, 2.24) is 10.2 Å². The monoisotopic (exact) mass is 633 g/mol. The summed E-state index contributed by atoms with van der Waals surface area (Å²) in [5, 5.41) is 3.33. The Morgan fingerprint density at radius 1 is 0.841 bits per heavy atom. The van der Waals surface area contributed by atoms with Gasteiger partial charge in [-0.05, 0) is 73.5 Å². The highest BCUT2D eigenvalue weighted by atomic mass is 35.5. The molecular formula is C34H36ClN3O5S. The van der Waals surface area contributed by atoms with Gasteiger partial charge in [0.1, 0.15) is 18.3 Å². The Labute approximate surface area is 264 Å².